The molecule has 124 valence electrons. The Morgan fingerprint density at radius 1 is 1.04 bits per heavy atom. The van der Waals surface area contributed by atoms with E-state index in [1.165, 1.54) is 6.08 Å². The zero-order valence-electron chi connectivity index (χ0n) is 13.1. The molecule has 2 N–H and O–H groups in total. The van der Waals surface area contributed by atoms with Gasteiger partial charge in [0.05, 0.1) is 13.5 Å². The monoisotopic (exact) mass is 388 g/mol. The Morgan fingerprint density at radius 2 is 1.71 bits per heavy atom. The van der Waals surface area contributed by atoms with Gasteiger partial charge in [0.1, 0.15) is 5.75 Å². The molecule has 0 radical (unpaired) electrons. The third kappa shape index (κ3) is 5.89. The lowest BCUT2D eigenvalue weighted by Crippen LogP contribution is -2.41. The highest BCUT2D eigenvalue weighted by Crippen LogP contribution is 2.12. The molecule has 0 unspecified atom stereocenters. The predicted molar refractivity (Wildman–Crippen MR) is 96.2 cm³/mol. The molecule has 0 fully saturated rings. The first kappa shape index (κ1) is 17.7. The van der Waals surface area contributed by atoms with Gasteiger partial charge in [-0.3, -0.25) is 20.4 Å². The number of rotatable bonds is 5. The van der Waals surface area contributed by atoms with Crippen molar-refractivity contribution >= 4 is 33.8 Å². The van der Waals surface area contributed by atoms with E-state index in [1.807, 2.05) is 24.3 Å². The van der Waals surface area contributed by atoms with E-state index in [4.69, 9.17) is 4.74 Å². The molecule has 2 amide bonds. The maximum absolute atomic E-state index is 11.8. The molecule has 0 spiro atoms. The predicted octanol–water partition coefficient (Wildman–Crippen LogP) is 2.86. The lowest BCUT2D eigenvalue weighted by molar-refractivity contribution is -0.126. The molecular weight excluding hydrogens is 372 g/mol. The Labute approximate surface area is 148 Å². The van der Waals surface area contributed by atoms with Crippen LogP contribution in [0.5, 0.6) is 5.75 Å². The number of amides is 2. The molecule has 0 aromatic heterocycles. The van der Waals surface area contributed by atoms with Gasteiger partial charge in [-0.1, -0.05) is 40.2 Å². The number of ether oxygens (including phenoxy) is 1. The van der Waals surface area contributed by atoms with Gasteiger partial charge in [0.2, 0.25) is 5.91 Å². The van der Waals surface area contributed by atoms with Crippen molar-refractivity contribution in [3.63, 3.8) is 0 Å². The summed E-state index contributed by atoms with van der Waals surface area (Å²) in [7, 11) is 1.58. The summed E-state index contributed by atoms with van der Waals surface area (Å²) < 4.78 is 6.02. The minimum Gasteiger partial charge on any atom is -0.497 e. The number of halogens is 1. The van der Waals surface area contributed by atoms with Crippen LogP contribution in [0.4, 0.5) is 0 Å². The van der Waals surface area contributed by atoms with Gasteiger partial charge in [0.15, 0.2) is 0 Å². The SMILES string of the molecule is COc1ccc(CC(=O)NNC(=O)/C=C/c2ccc(Br)cc2)cc1. The molecule has 0 saturated carbocycles. The molecule has 24 heavy (non-hydrogen) atoms. The van der Waals surface area contributed by atoms with E-state index in [9.17, 15) is 9.59 Å². The molecule has 0 aliphatic rings. The lowest BCUT2D eigenvalue weighted by Gasteiger charge is -2.06. The smallest absolute Gasteiger partial charge is 0.262 e. The number of nitrogens with one attached hydrogen (secondary N) is 2. The molecular formula is C18H17BrN2O3. The number of hydrazine groups is 1. The summed E-state index contributed by atoms with van der Waals surface area (Å²) in [6, 6.07) is 14.7. The quantitative estimate of drug-likeness (QED) is 0.611. The van der Waals surface area contributed by atoms with Crippen LogP contribution >= 0.6 is 15.9 Å². The highest BCUT2D eigenvalue weighted by atomic mass is 79.9. The van der Waals surface area contributed by atoms with Gasteiger partial charge in [0, 0.05) is 10.5 Å². The second kappa shape index (κ2) is 8.88. The van der Waals surface area contributed by atoms with E-state index in [1.54, 1.807) is 37.5 Å². The van der Waals surface area contributed by atoms with E-state index >= 15 is 0 Å². The molecule has 0 aliphatic carbocycles. The van der Waals surface area contributed by atoms with Crippen LogP contribution in [-0.2, 0) is 16.0 Å². The second-order valence-corrected chi connectivity index (χ2v) is 5.86. The van der Waals surface area contributed by atoms with E-state index in [0.29, 0.717) is 0 Å². The van der Waals surface area contributed by atoms with Crippen LogP contribution in [0.3, 0.4) is 0 Å². The maximum atomic E-state index is 11.8. The van der Waals surface area contributed by atoms with E-state index in [2.05, 4.69) is 26.8 Å². The molecule has 0 heterocycles. The molecule has 2 aromatic carbocycles. The average molecular weight is 389 g/mol. The third-order valence-electron chi connectivity index (χ3n) is 3.15. The summed E-state index contributed by atoms with van der Waals surface area (Å²) in [5.74, 6) is 0.0251. The minimum atomic E-state index is -0.402. The number of carbonyl (C=O) groups excluding carboxylic acids is 2. The Morgan fingerprint density at radius 3 is 2.33 bits per heavy atom. The van der Waals surface area contributed by atoms with Crippen LogP contribution in [0.2, 0.25) is 0 Å². The number of hydrogen-bond donors (Lipinski definition) is 2. The number of methoxy groups -OCH3 is 1. The van der Waals surface area contributed by atoms with Crippen molar-refractivity contribution < 1.29 is 14.3 Å². The van der Waals surface area contributed by atoms with Gasteiger partial charge < -0.3 is 4.74 Å². The first-order chi connectivity index (χ1) is 11.6. The first-order valence-electron chi connectivity index (χ1n) is 7.22. The van der Waals surface area contributed by atoms with E-state index in [-0.39, 0.29) is 12.3 Å². The van der Waals surface area contributed by atoms with Crippen LogP contribution in [0.25, 0.3) is 6.08 Å². The van der Waals surface area contributed by atoms with Crippen LogP contribution in [0, 0.1) is 0 Å². The van der Waals surface area contributed by atoms with E-state index in [0.717, 1.165) is 21.3 Å². The third-order valence-corrected chi connectivity index (χ3v) is 3.67. The highest BCUT2D eigenvalue weighted by molar-refractivity contribution is 9.10. The van der Waals surface area contributed by atoms with Crippen LogP contribution in [-0.4, -0.2) is 18.9 Å². The number of benzene rings is 2. The van der Waals surface area contributed by atoms with Gasteiger partial charge in [0.25, 0.3) is 5.91 Å². The molecule has 0 aliphatic heterocycles. The maximum Gasteiger partial charge on any atom is 0.262 e. The van der Waals surface area contributed by atoms with Crippen molar-refractivity contribution in [2.75, 3.05) is 7.11 Å². The Bertz CT molecular complexity index is 725. The van der Waals surface area contributed by atoms with Crippen molar-refractivity contribution in [1.82, 2.24) is 10.9 Å². The minimum absolute atomic E-state index is 0.167. The van der Waals surface area contributed by atoms with Crippen molar-refractivity contribution in [3.05, 3.63) is 70.2 Å². The second-order valence-electron chi connectivity index (χ2n) is 4.95. The van der Waals surface area contributed by atoms with Gasteiger partial charge in [-0.25, -0.2) is 0 Å². The van der Waals surface area contributed by atoms with Crippen molar-refractivity contribution in [1.29, 1.82) is 0 Å². The van der Waals surface area contributed by atoms with Gasteiger partial charge in [-0.15, -0.1) is 0 Å². The van der Waals surface area contributed by atoms with Crippen molar-refractivity contribution in [2.24, 2.45) is 0 Å². The van der Waals surface area contributed by atoms with Crippen LogP contribution in [0.1, 0.15) is 11.1 Å². The largest absolute Gasteiger partial charge is 0.497 e. The van der Waals surface area contributed by atoms with Gasteiger partial charge >= 0.3 is 0 Å². The summed E-state index contributed by atoms with van der Waals surface area (Å²) in [4.78, 5) is 23.5. The van der Waals surface area contributed by atoms with Gasteiger partial charge in [-0.05, 0) is 41.5 Å². The molecule has 2 rings (SSSR count). The van der Waals surface area contributed by atoms with Crippen molar-refractivity contribution in [2.45, 2.75) is 6.42 Å². The summed E-state index contributed by atoms with van der Waals surface area (Å²) in [6.07, 6.45) is 3.19. The highest BCUT2D eigenvalue weighted by Gasteiger charge is 2.04. The summed E-state index contributed by atoms with van der Waals surface area (Å²) in [5.41, 5.74) is 6.44. The number of carbonyl (C=O) groups is 2. The fourth-order valence-corrected chi connectivity index (χ4v) is 2.16. The van der Waals surface area contributed by atoms with E-state index < -0.39 is 5.91 Å². The normalized spacial score (nSPS) is 10.4. The standard InChI is InChI=1S/C18H17BrN2O3/c1-24-16-9-4-14(5-10-16)12-18(23)21-20-17(22)11-6-13-2-7-15(19)8-3-13/h2-11H,12H2,1H3,(H,20,22)(H,21,23)/b11-6+. The molecule has 0 atom stereocenters. The fraction of sp³-hybridized carbons (Fsp3) is 0.111. The molecule has 5 nitrogen and oxygen atoms in total. The summed E-state index contributed by atoms with van der Waals surface area (Å²) in [5, 5.41) is 0. The van der Waals surface area contributed by atoms with Crippen molar-refractivity contribution in [3.8, 4) is 5.75 Å². The summed E-state index contributed by atoms with van der Waals surface area (Å²) >= 11 is 3.34. The molecule has 0 bridgehead atoms. The molecule has 2 aromatic rings. The van der Waals surface area contributed by atoms with Crippen LogP contribution < -0.4 is 15.6 Å². The van der Waals surface area contributed by atoms with Crippen LogP contribution in [0.15, 0.2) is 59.1 Å². The Kier molecular flexibility index (Phi) is 6.57. The molecule has 0 saturated heterocycles. The first-order valence-corrected chi connectivity index (χ1v) is 8.01. The topological polar surface area (TPSA) is 67.4 Å². The van der Waals surface area contributed by atoms with Gasteiger partial charge in [-0.2, -0.15) is 0 Å². The molecule has 6 heteroatoms. The lowest BCUT2D eigenvalue weighted by atomic mass is 10.1. The zero-order chi connectivity index (χ0) is 17.4. The fourth-order valence-electron chi connectivity index (χ4n) is 1.89. The Balaban J connectivity index is 1.78. The summed E-state index contributed by atoms with van der Waals surface area (Å²) in [6.45, 7) is 0. The average Bonchev–Trinajstić information content (AvgIpc) is 2.60. The number of hydrogen-bond acceptors (Lipinski definition) is 3. The Hall–Kier alpha value is -2.60. The zero-order valence-corrected chi connectivity index (χ0v) is 14.7.